The second-order valence-corrected chi connectivity index (χ2v) is 5.78. The van der Waals surface area contributed by atoms with E-state index in [2.05, 4.69) is 32.9 Å². The molecular formula is C10H16BrN3S. The summed E-state index contributed by atoms with van der Waals surface area (Å²) in [6.07, 6.45) is 4.66. The molecule has 0 unspecified atom stereocenters. The molecule has 1 heterocycles. The molecule has 1 aromatic rings. The summed E-state index contributed by atoms with van der Waals surface area (Å²) in [5.41, 5.74) is 5.90. The van der Waals surface area contributed by atoms with Crippen LogP contribution in [0.15, 0.2) is 9.98 Å². The van der Waals surface area contributed by atoms with Crippen LogP contribution in [-0.4, -0.2) is 24.1 Å². The highest BCUT2D eigenvalue weighted by Gasteiger charge is 2.23. The normalized spacial score (nSPS) is 26.6. The van der Waals surface area contributed by atoms with E-state index in [4.69, 9.17) is 5.73 Å². The summed E-state index contributed by atoms with van der Waals surface area (Å²) in [6.45, 7) is 0. The summed E-state index contributed by atoms with van der Waals surface area (Å²) in [5.74, 6) is 0. The first-order chi connectivity index (χ1) is 7.16. The number of halogens is 1. The van der Waals surface area contributed by atoms with E-state index >= 15 is 0 Å². The Bertz CT molecular complexity index is 320. The Morgan fingerprint density at radius 2 is 2.13 bits per heavy atom. The van der Waals surface area contributed by atoms with Crippen molar-refractivity contribution in [3.8, 4) is 0 Å². The predicted octanol–water partition coefficient (Wildman–Crippen LogP) is 2.61. The van der Waals surface area contributed by atoms with Gasteiger partial charge in [-0.25, -0.2) is 4.98 Å². The molecule has 0 radical (unpaired) electrons. The number of anilines is 1. The summed E-state index contributed by atoms with van der Waals surface area (Å²) < 4.78 is 0.932. The molecule has 1 saturated carbocycles. The van der Waals surface area contributed by atoms with Crippen molar-refractivity contribution in [2.45, 2.75) is 37.8 Å². The molecule has 0 saturated heterocycles. The number of aromatic nitrogens is 1. The molecule has 0 aliphatic heterocycles. The first kappa shape index (κ1) is 11.4. The predicted molar refractivity (Wildman–Crippen MR) is 68.4 cm³/mol. The summed E-state index contributed by atoms with van der Waals surface area (Å²) in [5, 5.41) is 3.13. The molecular weight excluding hydrogens is 274 g/mol. The monoisotopic (exact) mass is 289 g/mol. The molecule has 84 valence electrons. The Kier molecular flexibility index (Phi) is 3.64. The van der Waals surface area contributed by atoms with E-state index in [1.54, 1.807) is 11.3 Å². The Labute approximate surface area is 103 Å². The standard InChI is InChI=1S/C10H16BrN3S/c1-14(10-13-9(11)6-15-10)8-4-2-7(12)3-5-8/h6-8H,2-5,12H2,1H3. The zero-order chi connectivity index (χ0) is 10.8. The van der Waals surface area contributed by atoms with Gasteiger partial charge in [0.25, 0.3) is 0 Å². The van der Waals surface area contributed by atoms with Gasteiger partial charge < -0.3 is 10.6 Å². The van der Waals surface area contributed by atoms with Crippen LogP contribution < -0.4 is 10.6 Å². The molecule has 0 bridgehead atoms. The van der Waals surface area contributed by atoms with Gasteiger partial charge in [0.1, 0.15) is 4.60 Å². The van der Waals surface area contributed by atoms with Gasteiger partial charge in [0.05, 0.1) is 0 Å². The molecule has 2 rings (SSSR count). The minimum Gasteiger partial charge on any atom is -0.348 e. The quantitative estimate of drug-likeness (QED) is 0.910. The maximum atomic E-state index is 5.90. The number of nitrogens with two attached hydrogens (primary N) is 1. The largest absolute Gasteiger partial charge is 0.348 e. The van der Waals surface area contributed by atoms with E-state index in [0.29, 0.717) is 12.1 Å². The van der Waals surface area contributed by atoms with Crippen LogP contribution in [-0.2, 0) is 0 Å². The van der Waals surface area contributed by atoms with Crippen LogP contribution in [0.25, 0.3) is 0 Å². The molecule has 15 heavy (non-hydrogen) atoms. The zero-order valence-electron chi connectivity index (χ0n) is 8.82. The van der Waals surface area contributed by atoms with Crippen LogP contribution in [0.5, 0.6) is 0 Å². The van der Waals surface area contributed by atoms with Crippen LogP contribution in [0.2, 0.25) is 0 Å². The zero-order valence-corrected chi connectivity index (χ0v) is 11.2. The van der Waals surface area contributed by atoms with Crippen LogP contribution in [0.4, 0.5) is 5.13 Å². The highest BCUT2D eigenvalue weighted by Crippen LogP contribution is 2.29. The van der Waals surface area contributed by atoms with Gasteiger partial charge in [-0.3, -0.25) is 0 Å². The van der Waals surface area contributed by atoms with Crippen molar-refractivity contribution in [2.75, 3.05) is 11.9 Å². The number of hydrogen-bond acceptors (Lipinski definition) is 4. The fraction of sp³-hybridized carbons (Fsp3) is 0.700. The molecule has 1 aromatic heterocycles. The van der Waals surface area contributed by atoms with Crippen molar-refractivity contribution in [1.82, 2.24) is 4.98 Å². The number of rotatable bonds is 2. The summed E-state index contributed by atoms with van der Waals surface area (Å²) in [7, 11) is 2.13. The van der Waals surface area contributed by atoms with Gasteiger partial charge >= 0.3 is 0 Å². The van der Waals surface area contributed by atoms with Crippen LogP contribution in [0.3, 0.4) is 0 Å². The Morgan fingerprint density at radius 1 is 1.47 bits per heavy atom. The van der Waals surface area contributed by atoms with E-state index in [1.165, 1.54) is 12.8 Å². The fourth-order valence-electron chi connectivity index (χ4n) is 2.05. The molecule has 0 amide bonds. The molecule has 3 nitrogen and oxygen atoms in total. The molecule has 1 aliphatic carbocycles. The van der Waals surface area contributed by atoms with Crippen molar-refractivity contribution < 1.29 is 0 Å². The molecule has 1 aliphatic rings. The minimum absolute atomic E-state index is 0.415. The second-order valence-electron chi connectivity index (χ2n) is 4.13. The average molecular weight is 290 g/mol. The lowest BCUT2D eigenvalue weighted by Gasteiger charge is -2.33. The maximum absolute atomic E-state index is 5.90. The Balaban J connectivity index is 1.99. The van der Waals surface area contributed by atoms with Crippen molar-refractivity contribution in [3.63, 3.8) is 0 Å². The van der Waals surface area contributed by atoms with E-state index in [0.717, 1.165) is 22.6 Å². The summed E-state index contributed by atoms with van der Waals surface area (Å²) in [4.78, 5) is 6.73. The number of hydrogen-bond donors (Lipinski definition) is 1. The van der Waals surface area contributed by atoms with Crippen molar-refractivity contribution in [2.24, 2.45) is 5.73 Å². The van der Waals surface area contributed by atoms with Gasteiger partial charge in [0.2, 0.25) is 0 Å². The first-order valence-corrected chi connectivity index (χ1v) is 6.93. The summed E-state index contributed by atoms with van der Waals surface area (Å²) in [6, 6.07) is 1.03. The van der Waals surface area contributed by atoms with Gasteiger partial charge in [0.15, 0.2) is 5.13 Å². The lowest BCUT2D eigenvalue weighted by molar-refractivity contribution is 0.385. The van der Waals surface area contributed by atoms with Crippen LogP contribution in [0, 0.1) is 0 Å². The topological polar surface area (TPSA) is 42.2 Å². The third kappa shape index (κ3) is 2.71. The van der Waals surface area contributed by atoms with Gasteiger partial charge in [0, 0.05) is 24.5 Å². The van der Waals surface area contributed by atoms with Gasteiger partial charge in [-0.1, -0.05) is 0 Å². The number of thiazole rings is 1. The van der Waals surface area contributed by atoms with Gasteiger partial charge in [-0.15, -0.1) is 11.3 Å². The number of nitrogens with zero attached hydrogens (tertiary/aromatic N) is 2. The molecule has 5 heteroatoms. The van der Waals surface area contributed by atoms with Crippen LogP contribution in [0.1, 0.15) is 25.7 Å². The molecule has 1 fully saturated rings. The fourth-order valence-corrected chi connectivity index (χ4v) is 3.34. The van der Waals surface area contributed by atoms with Crippen LogP contribution >= 0.6 is 27.3 Å². The first-order valence-electron chi connectivity index (χ1n) is 5.26. The second kappa shape index (κ2) is 4.80. The third-order valence-electron chi connectivity index (χ3n) is 3.05. The van der Waals surface area contributed by atoms with Crippen molar-refractivity contribution >= 4 is 32.4 Å². The minimum atomic E-state index is 0.415. The lowest BCUT2D eigenvalue weighted by Crippen LogP contribution is -2.38. The van der Waals surface area contributed by atoms with E-state index < -0.39 is 0 Å². The molecule has 0 spiro atoms. The maximum Gasteiger partial charge on any atom is 0.186 e. The van der Waals surface area contributed by atoms with E-state index in [1.807, 2.05) is 5.38 Å². The summed E-state index contributed by atoms with van der Waals surface area (Å²) >= 11 is 5.08. The lowest BCUT2D eigenvalue weighted by atomic mass is 9.91. The Hall–Kier alpha value is -0.130. The SMILES string of the molecule is CN(c1nc(Br)cs1)C1CCC(N)CC1. The molecule has 0 aromatic carbocycles. The highest BCUT2D eigenvalue weighted by atomic mass is 79.9. The van der Waals surface area contributed by atoms with Crippen molar-refractivity contribution in [1.29, 1.82) is 0 Å². The smallest absolute Gasteiger partial charge is 0.186 e. The van der Waals surface area contributed by atoms with E-state index in [-0.39, 0.29) is 0 Å². The van der Waals surface area contributed by atoms with Gasteiger partial charge in [-0.2, -0.15) is 0 Å². The van der Waals surface area contributed by atoms with E-state index in [9.17, 15) is 0 Å². The Morgan fingerprint density at radius 3 is 2.67 bits per heavy atom. The highest BCUT2D eigenvalue weighted by molar-refractivity contribution is 9.10. The molecule has 0 atom stereocenters. The van der Waals surface area contributed by atoms with Crippen molar-refractivity contribution in [3.05, 3.63) is 9.98 Å². The average Bonchev–Trinajstić information content (AvgIpc) is 2.65. The molecule has 2 N–H and O–H groups in total. The van der Waals surface area contributed by atoms with Gasteiger partial charge in [-0.05, 0) is 41.6 Å². The third-order valence-corrected chi connectivity index (χ3v) is 4.70.